The van der Waals surface area contributed by atoms with E-state index in [-0.39, 0.29) is 0 Å². The quantitative estimate of drug-likeness (QED) is 0.829. The Bertz CT molecular complexity index is 626. The third-order valence-electron chi connectivity index (χ3n) is 4.07. The van der Waals surface area contributed by atoms with Crippen molar-refractivity contribution in [1.82, 2.24) is 9.97 Å². The zero-order valence-corrected chi connectivity index (χ0v) is 13.6. The summed E-state index contributed by atoms with van der Waals surface area (Å²) in [5, 5.41) is 6.84. The first-order valence-electron chi connectivity index (χ1n) is 8.42. The van der Waals surface area contributed by atoms with Crippen LogP contribution in [0.5, 0.6) is 5.75 Å². The van der Waals surface area contributed by atoms with Gasteiger partial charge in [-0.05, 0) is 31.9 Å². The Kier molecular flexibility index (Phi) is 5.29. The fourth-order valence-electron chi connectivity index (χ4n) is 2.95. The number of nitrogens with one attached hydrogen (secondary N) is 2. The van der Waals surface area contributed by atoms with Gasteiger partial charge in [-0.1, -0.05) is 31.4 Å². The summed E-state index contributed by atoms with van der Waals surface area (Å²) in [7, 11) is 0. The van der Waals surface area contributed by atoms with Crippen LogP contribution in [0.25, 0.3) is 0 Å². The molecule has 0 amide bonds. The molecule has 5 heteroatoms. The van der Waals surface area contributed by atoms with E-state index >= 15 is 0 Å². The van der Waals surface area contributed by atoms with E-state index in [4.69, 9.17) is 4.74 Å². The van der Waals surface area contributed by atoms with Crippen LogP contribution in [0.2, 0.25) is 0 Å². The van der Waals surface area contributed by atoms with Gasteiger partial charge in [0.15, 0.2) is 0 Å². The van der Waals surface area contributed by atoms with Gasteiger partial charge in [-0.3, -0.25) is 0 Å². The highest BCUT2D eigenvalue weighted by Gasteiger charge is 2.13. The Morgan fingerprint density at radius 1 is 1.09 bits per heavy atom. The molecule has 0 spiro atoms. The van der Waals surface area contributed by atoms with Crippen molar-refractivity contribution in [1.29, 1.82) is 0 Å². The average Bonchev–Trinajstić information content (AvgIpc) is 2.58. The molecule has 1 aliphatic carbocycles. The van der Waals surface area contributed by atoms with Gasteiger partial charge < -0.3 is 15.4 Å². The fraction of sp³-hybridized carbons (Fsp3) is 0.444. The van der Waals surface area contributed by atoms with Crippen LogP contribution in [-0.4, -0.2) is 22.6 Å². The van der Waals surface area contributed by atoms with Crippen LogP contribution in [-0.2, 0) is 0 Å². The summed E-state index contributed by atoms with van der Waals surface area (Å²) >= 11 is 0. The number of nitrogens with zero attached hydrogens (tertiary/aromatic N) is 2. The van der Waals surface area contributed by atoms with E-state index in [9.17, 15) is 0 Å². The van der Waals surface area contributed by atoms with Crippen molar-refractivity contribution >= 4 is 17.3 Å². The summed E-state index contributed by atoms with van der Waals surface area (Å²) in [5.74, 6) is 2.48. The van der Waals surface area contributed by atoms with Gasteiger partial charge in [-0.2, -0.15) is 0 Å². The summed E-state index contributed by atoms with van der Waals surface area (Å²) in [4.78, 5) is 8.65. The molecule has 5 nitrogen and oxygen atoms in total. The van der Waals surface area contributed by atoms with Crippen LogP contribution >= 0.6 is 0 Å². The molecule has 1 aromatic heterocycles. The van der Waals surface area contributed by atoms with Crippen LogP contribution in [0.1, 0.15) is 39.0 Å². The minimum atomic E-state index is 0.530. The summed E-state index contributed by atoms with van der Waals surface area (Å²) in [6.07, 6.45) is 7.99. The second-order valence-electron chi connectivity index (χ2n) is 5.82. The van der Waals surface area contributed by atoms with Crippen molar-refractivity contribution in [2.75, 3.05) is 17.2 Å². The first kappa shape index (κ1) is 15.6. The van der Waals surface area contributed by atoms with Crippen molar-refractivity contribution in [2.45, 2.75) is 45.1 Å². The normalized spacial score (nSPS) is 15.2. The second-order valence-corrected chi connectivity index (χ2v) is 5.82. The molecule has 0 atom stereocenters. The Morgan fingerprint density at radius 2 is 1.87 bits per heavy atom. The maximum absolute atomic E-state index is 5.64. The van der Waals surface area contributed by atoms with Crippen molar-refractivity contribution < 1.29 is 4.74 Å². The Hall–Kier alpha value is -2.30. The SMILES string of the molecule is CCOc1ccccc1Nc1cc(NC2CCCCC2)ncn1. The van der Waals surface area contributed by atoms with Crippen molar-refractivity contribution in [2.24, 2.45) is 0 Å². The fourth-order valence-corrected chi connectivity index (χ4v) is 2.95. The second kappa shape index (κ2) is 7.81. The minimum absolute atomic E-state index is 0.530. The lowest BCUT2D eigenvalue weighted by Gasteiger charge is -2.23. The molecular formula is C18H24N4O. The van der Waals surface area contributed by atoms with Gasteiger partial charge in [0.05, 0.1) is 12.3 Å². The van der Waals surface area contributed by atoms with Crippen LogP contribution in [0.3, 0.4) is 0 Å². The summed E-state index contributed by atoms with van der Waals surface area (Å²) in [6.45, 7) is 2.62. The van der Waals surface area contributed by atoms with E-state index in [1.807, 2.05) is 37.3 Å². The third kappa shape index (κ3) is 4.34. The molecular weight excluding hydrogens is 288 g/mol. The lowest BCUT2D eigenvalue weighted by Crippen LogP contribution is -2.22. The van der Waals surface area contributed by atoms with Crippen molar-refractivity contribution in [3.63, 3.8) is 0 Å². The average molecular weight is 312 g/mol. The molecule has 23 heavy (non-hydrogen) atoms. The highest BCUT2D eigenvalue weighted by Crippen LogP contribution is 2.27. The van der Waals surface area contributed by atoms with E-state index in [0.29, 0.717) is 12.6 Å². The lowest BCUT2D eigenvalue weighted by atomic mass is 9.95. The molecule has 0 radical (unpaired) electrons. The predicted octanol–water partition coefficient (Wildman–Crippen LogP) is 4.36. The van der Waals surface area contributed by atoms with Gasteiger partial charge in [-0.25, -0.2) is 9.97 Å². The predicted molar refractivity (Wildman–Crippen MR) is 93.4 cm³/mol. The number of aromatic nitrogens is 2. The van der Waals surface area contributed by atoms with E-state index < -0.39 is 0 Å². The largest absolute Gasteiger partial charge is 0.492 e. The zero-order chi connectivity index (χ0) is 15.9. The Morgan fingerprint density at radius 3 is 2.70 bits per heavy atom. The standard InChI is InChI=1S/C18H24N4O/c1-2-23-16-11-7-6-10-15(16)22-18-12-17(19-13-20-18)21-14-8-4-3-5-9-14/h6-7,10-14H,2-5,8-9H2,1H3,(H2,19,20,21,22). The number of hydrogen-bond donors (Lipinski definition) is 2. The molecule has 2 N–H and O–H groups in total. The highest BCUT2D eigenvalue weighted by atomic mass is 16.5. The molecule has 1 aliphatic rings. The van der Waals surface area contributed by atoms with E-state index in [2.05, 4.69) is 20.6 Å². The van der Waals surface area contributed by atoms with Crippen LogP contribution in [0.4, 0.5) is 17.3 Å². The monoisotopic (exact) mass is 312 g/mol. The molecule has 1 fully saturated rings. The summed E-state index contributed by atoms with van der Waals surface area (Å²) < 4.78 is 5.64. The molecule has 0 bridgehead atoms. The Balaban J connectivity index is 1.70. The molecule has 0 aliphatic heterocycles. The van der Waals surface area contributed by atoms with Crippen LogP contribution in [0.15, 0.2) is 36.7 Å². The molecule has 0 unspecified atom stereocenters. The number of benzene rings is 1. The molecule has 1 aromatic carbocycles. The number of rotatable bonds is 6. The van der Waals surface area contributed by atoms with Gasteiger partial charge in [0.25, 0.3) is 0 Å². The molecule has 0 saturated heterocycles. The number of ether oxygens (including phenoxy) is 1. The zero-order valence-electron chi connectivity index (χ0n) is 13.6. The van der Waals surface area contributed by atoms with Gasteiger partial charge in [0.1, 0.15) is 23.7 Å². The first-order chi connectivity index (χ1) is 11.3. The maximum atomic E-state index is 5.64. The van der Waals surface area contributed by atoms with Gasteiger partial charge in [0, 0.05) is 12.1 Å². The highest BCUT2D eigenvalue weighted by molar-refractivity contribution is 5.65. The van der Waals surface area contributed by atoms with Crippen LogP contribution in [0, 0.1) is 0 Å². The maximum Gasteiger partial charge on any atom is 0.142 e. The van der Waals surface area contributed by atoms with E-state index in [1.54, 1.807) is 6.33 Å². The number of para-hydroxylation sites is 2. The third-order valence-corrected chi connectivity index (χ3v) is 4.07. The van der Waals surface area contributed by atoms with Gasteiger partial charge in [-0.15, -0.1) is 0 Å². The minimum Gasteiger partial charge on any atom is -0.492 e. The van der Waals surface area contributed by atoms with Crippen molar-refractivity contribution in [3.8, 4) is 5.75 Å². The summed E-state index contributed by atoms with van der Waals surface area (Å²) in [5.41, 5.74) is 0.914. The number of anilines is 3. The van der Waals surface area contributed by atoms with Crippen molar-refractivity contribution in [3.05, 3.63) is 36.7 Å². The number of hydrogen-bond acceptors (Lipinski definition) is 5. The molecule has 122 valence electrons. The smallest absolute Gasteiger partial charge is 0.142 e. The lowest BCUT2D eigenvalue weighted by molar-refractivity contribution is 0.342. The molecule has 1 heterocycles. The summed E-state index contributed by atoms with van der Waals surface area (Å²) in [6, 6.07) is 10.4. The van der Waals surface area contributed by atoms with Gasteiger partial charge >= 0.3 is 0 Å². The van der Waals surface area contributed by atoms with Gasteiger partial charge in [0.2, 0.25) is 0 Å². The molecule has 1 saturated carbocycles. The molecule has 3 rings (SSSR count). The van der Waals surface area contributed by atoms with E-state index in [0.717, 1.165) is 23.1 Å². The Labute approximate surface area is 137 Å². The first-order valence-corrected chi connectivity index (χ1v) is 8.42. The van der Waals surface area contributed by atoms with E-state index in [1.165, 1.54) is 32.1 Å². The molecule has 2 aromatic rings. The topological polar surface area (TPSA) is 59.1 Å². The van der Waals surface area contributed by atoms with Crippen LogP contribution < -0.4 is 15.4 Å².